The van der Waals surface area contributed by atoms with E-state index in [9.17, 15) is 14.3 Å². The molecule has 1 aromatic heterocycles. The van der Waals surface area contributed by atoms with Crippen molar-refractivity contribution in [2.75, 3.05) is 43.5 Å². The molecule has 2 aromatic carbocycles. The molecule has 2 fully saturated rings. The highest BCUT2D eigenvalue weighted by Crippen LogP contribution is 2.35. The number of amides is 2. The SMILES string of the molecule is O=C(Nc1cc2c(Nc3ccc(F)c(Cl)c3)ncnc2cc1O[C@H]1CCOC1)N1CCC(CCO)CC1. The molecule has 0 radical (unpaired) electrons. The van der Waals surface area contributed by atoms with Gasteiger partial charge in [-0.3, -0.25) is 0 Å². The number of likely N-dealkylation sites (tertiary alicyclic amines) is 1. The lowest BCUT2D eigenvalue weighted by atomic mass is 9.94. The number of hydrogen-bond acceptors (Lipinski definition) is 7. The lowest BCUT2D eigenvalue weighted by Crippen LogP contribution is -2.41. The molecular formula is C26H29ClFN5O4. The second-order valence-electron chi connectivity index (χ2n) is 9.32. The Bertz CT molecular complexity index is 1270. The van der Waals surface area contributed by atoms with Gasteiger partial charge in [0.05, 0.1) is 29.4 Å². The van der Waals surface area contributed by atoms with Gasteiger partial charge in [0.25, 0.3) is 0 Å². The largest absolute Gasteiger partial charge is 0.486 e. The number of piperidine rings is 1. The molecule has 9 nitrogen and oxygen atoms in total. The van der Waals surface area contributed by atoms with Gasteiger partial charge in [0.1, 0.15) is 29.8 Å². The normalized spacial score (nSPS) is 18.2. The summed E-state index contributed by atoms with van der Waals surface area (Å²) in [6.45, 7) is 2.52. The van der Waals surface area contributed by atoms with E-state index in [0.29, 0.717) is 66.1 Å². The van der Waals surface area contributed by atoms with Gasteiger partial charge in [-0.05, 0) is 49.4 Å². The van der Waals surface area contributed by atoms with Crippen LogP contribution in [0.4, 0.5) is 26.4 Å². The van der Waals surface area contributed by atoms with Gasteiger partial charge in [-0.1, -0.05) is 11.6 Å². The van der Waals surface area contributed by atoms with E-state index in [-0.39, 0.29) is 23.8 Å². The van der Waals surface area contributed by atoms with Crippen LogP contribution in [0.15, 0.2) is 36.7 Å². The minimum atomic E-state index is -0.511. The molecule has 3 N–H and O–H groups in total. The van der Waals surface area contributed by atoms with Crippen molar-refractivity contribution in [1.29, 1.82) is 0 Å². The van der Waals surface area contributed by atoms with Gasteiger partial charge in [0, 0.05) is 43.3 Å². The van der Waals surface area contributed by atoms with Crippen molar-refractivity contribution in [2.45, 2.75) is 31.8 Å². The topological polar surface area (TPSA) is 109 Å². The minimum Gasteiger partial charge on any atom is -0.486 e. The highest BCUT2D eigenvalue weighted by atomic mass is 35.5. The van der Waals surface area contributed by atoms with Gasteiger partial charge in [-0.15, -0.1) is 0 Å². The van der Waals surface area contributed by atoms with Gasteiger partial charge >= 0.3 is 6.03 Å². The Morgan fingerprint density at radius 3 is 2.78 bits per heavy atom. The quantitative estimate of drug-likeness (QED) is 0.397. The van der Waals surface area contributed by atoms with Crippen molar-refractivity contribution in [1.82, 2.24) is 14.9 Å². The highest BCUT2D eigenvalue weighted by Gasteiger charge is 2.25. The first-order valence-electron chi connectivity index (χ1n) is 12.4. The van der Waals surface area contributed by atoms with Crippen LogP contribution in [0, 0.1) is 11.7 Å². The number of benzene rings is 2. The number of aliphatic hydroxyl groups is 1. The summed E-state index contributed by atoms with van der Waals surface area (Å²) in [7, 11) is 0. The Morgan fingerprint density at radius 2 is 2.05 bits per heavy atom. The Hall–Kier alpha value is -3.21. The molecule has 37 heavy (non-hydrogen) atoms. The van der Waals surface area contributed by atoms with Crippen LogP contribution in [-0.4, -0.2) is 65.0 Å². The zero-order valence-corrected chi connectivity index (χ0v) is 21.0. The van der Waals surface area contributed by atoms with E-state index < -0.39 is 5.82 Å². The Morgan fingerprint density at radius 1 is 1.22 bits per heavy atom. The van der Waals surface area contributed by atoms with Crippen LogP contribution < -0.4 is 15.4 Å². The lowest BCUT2D eigenvalue weighted by molar-refractivity contribution is 0.141. The Kier molecular flexibility index (Phi) is 7.87. The van der Waals surface area contributed by atoms with E-state index in [4.69, 9.17) is 21.1 Å². The number of aliphatic hydroxyl groups excluding tert-OH is 1. The van der Waals surface area contributed by atoms with E-state index >= 15 is 0 Å². The third-order valence-electron chi connectivity index (χ3n) is 6.78. The number of nitrogens with one attached hydrogen (secondary N) is 2. The van der Waals surface area contributed by atoms with Crippen molar-refractivity contribution in [2.24, 2.45) is 5.92 Å². The van der Waals surface area contributed by atoms with Crippen molar-refractivity contribution in [3.8, 4) is 5.75 Å². The number of halogens is 2. The number of carbonyl (C=O) groups excluding carboxylic acids is 1. The smallest absolute Gasteiger partial charge is 0.321 e. The number of fused-ring (bicyclic) bond motifs is 1. The van der Waals surface area contributed by atoms with E-state index in [1.54, 1.807) is 23.1 Å². The summed E-state index contributed by atoms with van der Waals surface area (Å²) in [5, 5.41) is 16.0. The zero-order valence-electron chi connectivity index (χ0n) is 20.3. The summed E-state index contributed by atoms with van der Waals surface area (Å²) in [5.41, 5.74) is 1.67. The summed E-state index contributed by atoms with van der Waals surface area (Å²) in [6, 6.07) is 7.66. The van der Waals surface area contributed by atoms with Crippen molar-refractivity contribution < 1.29 is 23.8 Å². The van der Waals surface area contributed by atoms with E-state index in [1.165, 1.54) is 18.5 Å². The van der Waals surface area contributed by atoms with E-state index in [2.05, 4.69) is 20.6 Å². The monoisotopic (exact) mass is 529 g/mol. The molecule has 0 spiro atoms. The second kappa shape index (κ2) is 11.5. The van der Waals surface area contributed by atoms with Crippen LogP contribution in [0.2, 0.25) is 5.02 Å². The van der Waals surface area contributed by atoms with Crippen LogP contribution in [-0.2, 0) is 4.74 Å². The molecule has 0 saturated carbocycles. The first kappa shape index (κ1) is 25.4. The average Bonchev–Trinajstić information content (AvgIpc) is 3.41. The maximum atomic E-state index is 13.6. The van der Waals surface area contributed by atoms with Crippen LogP contribution in [0.1, 0.15) is 25.7 Å². The number of urea groups is 1. The third kappa shape index (κ3) is 6.03. The first-order chi connectivity index (χ1) is 18.0. The third-order valence-corrected chi connectivity index (χ3v) is 7.07. The summed E-state index contributed by atoms with van der Waals surface area (Å²) in [5.74, 6) is 0.897. The molecule has 2 amide bonds. The fraction of sp³-hybridized carbons (Fsp3) is 0.423. The summed E-state index contributed by atoms with van der Waals surface area (Å²) in [4.78, 5) is 23.7. The fourth-order valence-corrected chi connectivity index (χ4v) is 4.86. The molecule has 11 heteroatoms. The minimum absolute atomic E-state index is 0.00598. The van der Waals surface area contributed by atoms with Crippen LogP contribution >= 0.6 is 11.6 Å². The molecule has 0 unspecified atom stereocenters. The van der Waals surface area contributed by atoms with Crippen molar-refractivity contribution in [3.63, 3.8) is 0 Å². The highest BCUT2D eigenvalue weighted by molar-refractivity contribution is 6.31. The first-order valence-corrected chi connectivity index (χ1v) is 12.8. The molecule has 196 valence electrons. The van der Waals surface area contributed by atoms with Crippen LogP contribution in [0.25, 0.3) is 10.9 Å². The van der Waals surface area contributed by atoms with Crippen LogP contribution in [0.3, 0.4) is 0 Å². The zero-order chi connectivity index (χ0) is 25.8. The van der Waals surface area contributed by atoms with Crippen molar-refractivity contribution in [3.05, 3.63) is 47.5 Å². The Labute approximate surface area is 218 Å². The number of anilines is 3. The molecule has 0 bridgehead atoms. The molecule has 3 aromatic rings. The molecule has 2 aliphatic heterocycles. The molecule has 0 aliphatic carbocycles. The van der Waals surface area contributed by atoms with Gasteiger partial charge in [0.15, 0.2) is 0 Å². The standard InChI is InChI=1S/C26H29ClFN5O4/c27-20-11-17(1-2-21(20)28)31-25-19-12-23(32-26(35)33-7-3-16(4-8-33)5-9-34)24(13-22(19)29-15-30-25)37-18-6-10-36-14-18/h1-2,11-13,15-16,18,34H,3-10,14H2,(H,32,35)(H,29,30,31)/t18-/m0/s1. The summed E-state index contributed by atoms with van der Waals surface area (Å²) < 4.78 is 25.3. The second-order valence-corrected chi connectivity index (χ2v) is 9.73. The number of rotatable bonds is 7. The molecule has 2 saturated heterocycles. The molecular weight excluding hydrogens is 501 g/mol. The summed E-state index contributed by atoms with van der Waals surface area (Å²) in [6.07, 6.45) is 4.53. The number of ether oxygens (including phenoxy) is 2. The molecule has 2 aliphatic rings. The maximum Gasteiger partial charge on any atom is 0.321 e. The van der Waals surface area contributed by atoms with Gasteiger partial charge in [-0.25, -0.2) is 19.2 Å². The summed E-state index contributed by atoms with van der Waals surface area (Å²) >= 11 is 5.94. The molecule has 3 heterocycles. The van der Waals surface area contributed by atoms with Crippen LogP contribution in [0.5, 0.6) is 5.75 Å². The van der Waals surface area contributed by atoms with Gasteiger partial charge < -0.3 is 30.1 Å². The van der Waals surface area contributed by atoms with E-state index in [1.807, 2.05) is 0 Å². The fourth-order valence-electron chi connectivity index (χ4n) is 4.68. The van der Waals surface area contributed by atoms with Crippen molar-refractivity contribution >= 4 is 45.7 Å². The lowest BCUT2D eigenvalue weighted by Gasteiger charge is -2.32. The predicted octanol–water partition coefficient (Wildman–Crippen LogP) is 4.96. The molecule has 5 rings (SSSR count). The van der Waals surface area contributed by atoms with Gasteiger partial charge in [0.2, 0.25) is 0 Å². The van der Waals surface area contributed by atoms with E-state index in [0.717, 1.165) is 25.7 Å². The van der Waals surface area contributed by atoms with Gasteiger partial charge in [-0.2, -0.15) is 0 Å². The number of hydrogen-bond donors (Lipinski definition) is 3. The predicted molar refractivity (Wildman–Crippen MR) is 139 cm³/mol. The number of aromatic nitrogens is 2. The number of nitrogens with zero attached hydrogens (tertiary/aromatic N) is 3. The number of carbonyl (C=O) groups is 1. The Balaban J connectivity index is 1.43. The average molecular weight is 530 g/mol. The molecule has 1 atom stereocenters. The maximum absolute atomic E-state index is 13.6.